The van der Waals surface area contributed by atoms with E-state index in [1.807, 2.05) is 13.1 Å². The monoisotopic (exact) mass is 328 g/mol. The standard InChI is InChI=1S/C13H17ClN4O2S/c1-9-7-16-18(8-9)4-3-17-21(19,20)13-6-11(14)5-12(15)10(13)2/h5-8,17H,3-4,15H2,1-2H3. The summed E-state index contributed by atoms with van der Waals surface area (Å²) in [4.78, 5) is 0.101. The van der Waals surface area contributed by atoms with Crippen molar-refractivity contribution in [2.45, 2.75) is 25.3 Å². The van der Waals surface area contributed by atoms with Gasteiger partial charge in [0.05, 0.1) is 17.6 Å². The third-order valence-electron chi connectivity index (χ3n) is 3.05. The minimum atomic E-state index is -3.65. The quantitative estimate of drug-likeness (QED) is 0.818. The minimum absolute atomic E-state index is 0.101. The Bertz CT molecular complexity index is 756. The lowest BCUT2D eigenvalue weighted by Crippen LogP contribution is -2.28. The van der Waals surface area contributed by atoms with Crippen LogP contribution in [0.5, 0.6) is 0 Å². The highest BCUT2D eigenvalue weighted by Gasteiger charge is 2.18. The molecule has 8 heteroatoms. The van der Waals surface area contributed by atoms with E-state index in [0.29, 0.717) is 22.8 Å². The van der Waals surface area contributed by atoms with Crippen molar-refractivity contribution >= 4 is 27.3 Å². The van der Waals surface area contributed by atoms with Crippen molar-refractivity contribution in [2.75, 3.05) is 12.3 Å². The van der Waals surface area contributed by atoms with Crippen molar-refractivity contribution in [1.82, 2.24) is 14.5 Å². The van der Waals surface area contributed by atoms with Gasteiger partial charge in [0.15, 0.2) is 0 Å². The molecule has 0 spiro atoms. The zero-order valence-corrected chi connectivity index (χ0v) is 13.4. The molecule has 3 N–H and O–H groups in total. The van der Waals surface area contributed by atoms with Gasteiger partial charge >= 0.3 is 0 Å². The molecule has 0 aliphatic heterocycles. The number of anilines is 1. The number of sulfonamides is 1. The van der Waals surface area contributed by atoms with E-state index in [2.05, 4.69) is 9.82 Å². The number of nitrogens with zero attached hydrogens (tertiary/aromatic N) is 2. The van der Waals surface area contributed by atoms with Crippen molar-refractivity contribution in [2.24, 2.45) is 0 Å². The number of hydrogen-bond acceptors (Lipinski definition) is 4. The summed E-state index contributed by atoms with van der Waals surface area (Å²) in [5.41, 5.74) is 7.61. The van der Waals surface area contributed by atoms with Crippen LogP contribution in [-0.4, -0.2) is 24.7 Å². The van der Waals surface area contributed by atoms with Crippen LogP contribution in [0.15, 0.2) is 29.4 Å². The molecule has 0 bridgehead atoms. The number of nitrogens with two attached hydrogens (primary N) is 1. The lowest BCUT2D eigenvalue weighted by Gasteiger charge is -2.11. The first kappa shape index (κ1) is 15.8. The van der Waals surface area contributed by atoms with Gasteiger partial charge in [0.1, 0.15) is 0 Å². The molecule has 1 heterocycles. The number of nitrogen functional groups attached to an aromatic ring is 1. The van der Waals surface area contributed by atoms with E-state index in [0.717, 1.165) is 5.56 Å². The Hall–Kier alpha value is -1.57. The highest BCUT2D eigenvalue weighted by atomic mass is 35.5. The van der Waals surface area contributed by atoms with Crippen LogP contribution in [0.2, 0.25) is 5.02 Å². The molecule has 0 atom stereocenters. The maximum Gasteiger partial charge on any atom is 0.241 e. The molecular formula is C13H17ClN4O2S. The summed E-state index contributed by atoms with van der Waals surface area (Å²) >= 11 is 5.87. The highest BCUT2D eigenvalue weighted by Crippen LogP contribution is 2.25. The van der Waals surface area contributed by atoms with Crippen molar-refractivity contribution in [3.05, 3.63) is 40.7 Å². The number of aromatic nitrogens is 2. The minimum Gasteiger partial charge on any atom is -0.398 e. The summed E-state index contributed by atoms with van der Waals surface area (Å²) in [6.45, 7) is 4.25. The Labute approximate surface area is 129 Å². The van der Waals surface area contributed by atoms with Gasteiger partial charge < -0.3 is 5.73 Å². The van der Waals surface area contributed by atoms with Gasteiger partial charge in [0.2, 0.25) is 10.0 Å². The summed E-state index contributed by atoms with van der Waals surface area (Å²) in [5.74, 6) is 0. The molecule has 0 fully saturated rings. The van der Waals surface area contributed by atoms with Crippen LogP contribution in [0.1, 0.15) is 11.1 Å². The van der Waals surface area contributed by atoms with Gasteiger partial charge in [0.25, 0.3) is 0 Å². The Morgan fingerprint density at radius 1 is 1.38 bits per heavy atom. The Balaban J connectivity index is 2.12. The van der Waals surface area contributed by atoms with E-state index >= 15 is 0 Å². The molecule has 0 saturated carbocycles. The first-order valence-electron chi connectivity index (χ1n) is 6.34. The summed E-state index contributed by atoms with van der Waals surface area (Å²) < 4.78 is 28.8. The molecule has 114 valence electrons. The molecule has 1 aromatic heterocycles. The van der Waals surface area contributed by atoms with E-state index in [4.69, 9.17) is 17.3 Å². The Morgan fingerprint density at radius 2 is 2.10 bits per heavy atom. The predicted octanol–water partition coefficient (Wildman–Crippen LogP) is 1.71. The molecule has 2 rings (SSSR count). The molecule has 0 saturated heterocycles. The van der Waals surface area contributed by atoms with Gasteiger partial charge in [0, 0.05) is 23.5 Å². The number of nitrogens with one attached hydrogen (secondary N) is 1. The van der Waals surface area contributed by atoms with Crippen LogP contribution >= 0.6 is 11.6 Å². The average molecular weight is 329 g/mol. The van der Waals surface area contributed by atoms with Crippen LogP contribution < -0.4 is 10.5 Å². The molecule has 0 radical (unpaired) electrons. The lowest BCUT2D eigenvalue weighted by atomic mass is 10.2. The van der Waals surface area contributed by atoms with E-state index in [-0.39, 0.29) is 11.4 Å². The number of aryl methyl sites for hydroxylation is 1. The fourth-order valence-corrected chi connectivity index (χ4v) is 3.52. The zero-order valence-electron chi connectivity index (χ0n) is 11.8. The van der Waals surface area contributed by atoms with Crippen LogP contribution in [-0.2, 0) is 16.6 Å². The molecule has 1 aromatic carbocycles. The van der Waals surface area contributed by atoms with Gasteiger partial charge in [-0.05, 0) is 37.1 Å². The Kier molecular flexibility index (Phi) is 4.55. The molecule has 6 nitrogen and oxygen atoms in total. The summed E-state index contributed by atoms with van der Waals surface area (Å²) in [6, 6.07) is 2.93. The molecule has 0 unspecified atom stereocenters. The zero-order chi connectivity index (χ0) is 15.6. The number of benzene rings is 1. The van der Waals surface area contributed by atoms with Gasteiger partial charge in [-0.1, -0.05) is 11.6 Å². The van der Waals surface area contributed by atoms with Crippen LogP contribution in [0, 0.1) is 13.8 Å². The molecule has 0 aliphatic carbocycles. The normalized spacial score (nSPS) is 11.8. The summed E-state index contributed by atoms with van der Waals surface area (Å²) in [7, 11) is -3.65. The molecule has 0 amide bonds. The molecule has 21 heavy (non-hydrogen) atoms. The maximum absolute atomic E-state index is 12.3. The Morgan fingerprint density at radius 3 is 2.71 bits per heavy atom. The second-order valence-corrected chi connectivity index (χ2v) is 6.97. The van der Waals surface area contributed by atoms with E-state index in [1.165, 1.54) is 12.1 Å². The van der Waals surface area contributed by atoms with E-state index < -0.39 is 10.0 Å². The van der Waals surface area contributed by atoms with Gasteiger partial charge in [-0.2, -0.15) is 5.10 Å². The summed E-state index contributed by atoms with van der Waals surface area (Å²) in [5, 5.41) is 4.39. The van der Waals surface area contributed by atoms with Crippen molar-refractivity contribution in [3.8, 4) is 0 Å². The maximum atomic E-state index is 12.3. The van der Waals surface area contributed by atoms with Crippen LogP contribution in [0.25, 0.3) is 0 Å². The van der Waals surface area contributed by atoms with Gasteiger partial charge in [-0.25, -0.2) is 13.1 Å². The fraction of sp³-hybridized carbons (Fsp3) is 0.308. The molecular weight excluding hydrogens is 312 g/mol. The molecule has 0 aliphatic rings. The summed E-state index contributed by atoms with van der Waals surface area (Å²) in [6.07, 6.45) is 3.56. The van der Waals surface area contributed by atoms with E-state index in [9.17, 15) is 8.42 Å². The first-order valence-corrected chi connectivity index (χ1v) is 8.20. The van der Waals surface area contributed by atoms with Gasteiger partial charge in [-0.3, -0.25) is 4.68 Å². The topological polar surface area (TPSA) is 90.0 Å². The second kappa shape index (κ2) is 6.05. The number of hydrogen-bond donors (Lipinski definition) is 2. The predicted molar refractivity (Wildman–Crippen MR) is 82.8 cm³/mol. The largest absolute Gasteiger partial charge is 0.398 e. The average Bonchev–Trinajstić information content (AvgIpc) is 2.79. The van der Waals surface area contributed by atoms with Crippen LogP contribution in [0.4, 0.5) is 5.69 Å². The number of rotatable bonds is 5. The van der Waals surface area contributed by atoms with Crippen LogP contribution in [0.3, 0.4) is 0 Å². The lowest BCUT2D eigenvalue weighted by molar-refractivity contribution is 0.560. The van der Waals surface area contributed by atoms with Crippen molar-refractivity contribution in [1.29, 1.82) is 0 Å². The van der Waals surface area contributed by atoms with Crippen molar-refractivity contribution in [3.63, 3.8) is 0 Å². The highest BCUT2D eigenvalue weighted by molar-refractivity contribution is 7.89. The molecule has 2 aromatic rings. The van der Waals surface area contributed by atoms with Crippen molar-refractivity contribution < 1.29 is 8.42 Å². The first-order chi connectivity index (χ1) is 9.79. The fourth-order valence-electron chi connectivity index (χ4n) is 1.91. The third-order valence-corrected chi connectivity index (χ3v) is 4.86. The smallest absolute Gasteiger partial charge is 0.241 e. The third kappa shape index (κ3) is 3.75. The number of halogens is 1. The SMILES string of the molecule is Cc1cnn(CCNS(=O)(=O)c2cc(Cl)cc(N)c2C)c1. The second-order valence-electron chi connectivity index (χ2n) is 4.80. The van der Waals surface area contributed by atoms with E-state index in [1.54, 1.807) is 17.8 Å². The van der Waals surface area contributed by atoms with Gasteiger partial charge in [-0.15, -0.1) is 0 Å².